The molecule has 5 N–H and O–H groups in total. The molecular weight excluding hydrogens is 336 g/mol. The van der Waals surface area contributed by atoms with Crippen LogP contribution in [0, 0.1) is 0 Å². The lowest BCUT2D eigenvalue weighted by Crippen LogP contribution is -2.33. The first kappa shape index (κ1) is 15.6. The fourth-order valence-electron chi connectivity index (χ4n) is 3.21. The first-order valence-electron chi connectivity index (χ1n) is 7.35. The second kappa shape index (κ2) is 5.54. The molecule has 0 spiro atoms. The van der Waals surface area contributed by atoms with E-state index >= 15 is 0 Å². The lowest BCUT2D eigenvalue weighted by Gasteiger charge is -2.18. The SMILES string of the molecule is Nc1ncnc2c1c1cc(Cl)ccc1n2[C@@H]1O[C@H](CO)[C@@H](O)[C@@H]1O. The predicted octanol–water partition coefficient (Wildman–Crippen LogP) is 0.432. The fraction of sp³-hybridized carbons (Fsp3) is 0.333. The molecule has 3 heterocycles. The number of hydrogen-bond acceptors (Lipinski definition) is 7. The van der Waals surface area contributed by atoms with Crippen molar-refractivity contribution in [1.82, 2.24) is 14.5 Å². The molecule has 0 saturated carbocycles. The largest absolute Gasteiger partial charge is 0.394 e. The van der Waals surface area contributed by atoms with E-state index in [1.807, 2.05) is 0 Å². The number of anilines is 1. The lowest BCUT2D eigenvalue weighted by molar-refractivity contribution is -0.0489. The Bertz CT molecular complexity index is 931. The van der Waals surface area contributed by atoms with Crippen LogP contribution in [0.15, 0.2) is 24.5 Å². The molecule has 0 amide bonds. The molecule has 4 rings (SSSR count). The number of nitrogens with two attached hydrogens (primary N) is 1. The number of benzene rings is 1. The number of halogens is 1. The van der Waals surface area contributed by atoms with Gasteiger partial charge in [-0.3, -0.25) is 4.57 Å². The zero-order chi connectivity index (χ0) is 17.0. The molecule has 9 heteroatoms. The van der Waals surface area contributed by atoms with Gasteiger partial charge in [0, 0.05) is 10.4 Å². The van der Waals surface area contributed by atoms with Gasteiger partial charge in [-0.2, -0.15) is 0 Å². The summed E-state index contributed by atoms with van der Waals surface area (Å²) in [6.45, 7) is -0.408. The summed E-state index contributed by atoms with van der Waals surface area (Å²) in [6, 6.07) is 5.19. The van der Waals surface area contributed by atoms with E-state index in [1.54, 1.807) is 22.8 Å². The summed E-state index contributed by atoms with van der Waals surface area (Å²) < 4.78 is 7.29. The third-order valence-corrected chi connectivity index (χ3v) is 4.58. The van der Waals surface area contributed by atoms with E-state index in [0.29, 0.717) is 27.0 Å². The quantitative estimate of drug-likeness (QED) is 0.528. The molecule has 1 aliphatic heterocycles. The number of nitrogens with zero attached hydrogens (tertiary/aromatic N) is 3. The summed E-state index contributed by atoms with van der Waals surface area (Å²) in [6.07, 6.45) is -2.93. The molecule has 1 saturated heterocycles. The normalized spacial score (nSPS) is 27.3. The Kier molecular flexibility index (Phi) is 3.59. The molecule has 8 nitrogen and oxygen atoms in total. The summed E-state index contributed by atoms with van der Waals surface area (Å²) in [7, 11) is 0. The molecule has 0 bridgehead atoms. The maximum atomic E-state index is 10.4. The van der Waals surface area contributed by atoms with Crippen molar-refractivity contribution in [2.24, 2.45) is 0 Å². The number of aromatic nitrogens is 3. The van der Waals surface area contributed by atoms with Gasteiger partial charge in [-0.25, -0.2) is 9.97 Å². The van der Waals surface area contributed by atoms with E-state index in [0.717, 1.165) is 0 Å². The molecule has 1 aromatic carbocycles. The first-order chi connectivity index (χ1) is 11.5. The highest BCUT2D eigenvalue weighted by Crippen LogP contribution is 2.39. The van der Waals surface area contributed by atoms with Crippen LogP contribution in [-0.4, -0.2) is 54.8 Å². The number of aliphatic hydroxyl groups is 3. The number of hydrogen-bond donors (Lipinski definition) is 4. The van der Waals surface area contributed by atoms with E-state index in [4.69, 9.17) is 22.1 Å². The van der Waals surface area contributed by atoms with Crippen LogP contribution in [0.5, 0.6) is 0 Å². The van der Waals surface area contributed by atoms with Crippen LogP contribution >= 0.6 is 11.6 Å². The molecule has 0 radical (unpaired) electrons. The van der Waals surface area contributed by atoms with Gasteiger partial charge in [0.15, 0.2) is 6.23 Å². The molecule has 1 fully saturated rings. The van der Waals surface area contributed by atoms with Gasteiger partial charge in [-0.1, -0.05) is 11.6 Å². The van der Waals surface area contributed by atoms with Gasteiger partial charge in [-0.15, -0.1) is 0 Å². The number of nitrogen functional groups attached to an aromatic ring is 1. The van der Waals surface area contributed by atoms with Crippen molar-refractivity contribution in [3.8, 4) is 0 Å². The Morgan fingerprint density at radius 2 is 2.04 bits per heavy atom. The molecular formula is C15H15ClN4O4. The van der Waals surface area contributed by atoms with Gasteiger partial charge >= 0.3 is 0 Å². The van der Waals surface area contributed by atoms with E-state index in [9.17, 15) is 15.3 Å². The summed E-state index contributed by atoms with van der Waals surface area (Å²) in [4.78, 5) is 8.27. The van der Waals surface area contributed by atoms with E-state index in [2.05, 4.69) is 9.97 Å². The number of ether oxygens (including phenoxy) is 1. The lowest BCUT2D eigenvalue weighted by atomic mass is 10.1. The highest BCUT2D eigenvalue weighted by Gasteiger charge is 2.44. The van der Waals surface area contributed by atoms with Gasteiger partial charge < -0.3 is 25.8 Å². The second-order valence-corrected chi connectivity index (χ2v) is 6.15. The van der Waals surface area contributed by atoms with E-state index < -0.39 is 31.1 Å². The third-order valence-electron chi connectivity index (χ3n) is 4.34. The Balaban J connectivity index is 2.02. The Morgan fingerprint density at radius 1 is 1.25 bits per heavy atom. The highest BCUT2D eigenvalue weighted by atomic mass is 35.5. The molecule has 126 valence electrons. The minimum Gasteiger partial charge on any atom is -0.394 e. The number of aliphatic hydroxyl groups excluding tert-OH is 3. The smallest absolute Gasteiger partial charge is 0.165 e. The van der Waals surface area contributed by atoms with E-state index in [1.165, 1.54) is 6.33 Å². The molecule has 4 atom stereocenters. The van der Waals surface area contributed by atoms with Crippen LogP contribution in [0.2, 0.25) is 5.02 Å². The van der Waals surface area contributed by atoms with Gasteiger partial charge in [0.2, 0.25) is 0 Å². The zero-order valence-corrected chi connectivity index (χ0v) is 13.1. The van der Waals surface area contributed by atoms with Crippen molar-refractivity contribution in [3.05, 3.63) is 29.5 Å². The van der Waals surface area contributed by atoms with Crippen LogP contribution in [0.25, 0.3) is 21.9 Å². The average Bonchev–Trinajstić information content (AvgIpc) is 3.03. The minimum absolute atomic E-state index is 0.276. The van der Waals surface area contributed by atoms with Crippen LogP contribution in [0.4, 0.5) is 5.82 Å². The fourth-order valence-corrected chi connectivity index (χ4v) is 3.39. The van der Waals surface area contributed by atoms with Crippen molar-refractivity contribution in [2.45, 2.75) is 24.5 Å². The van der Waals surface area contributed by atoms with Crippen molar-refractivity contribution in [3.63, 3.8) is 0 Å². The van der Waals surface area contributed by atoms with Crippen LogP contribution in [0.3, 0.4) is 0 Å². The van der Waals surface area contributed by atoms with Crippen LogP contribution in [-0.2, 0) is 4.74 Å². The Hall–Kier alpha value is -1.97. The second-order valence-electron chi connectivity index (χ2n) is 5.72. The third kappa shape index (κ3) is 2.08. The monoisotopic (exact) mass is 350 g/mol. The molecule has 0 unspecified atom stereocenters. The van der Waals surface area contributed by atoms with Crippen LogP contribution in [0.1, 0.15) is 6.23 Å². The predicted molar refractivity (Wildman–Crippen MR) is 87.5 cm³/mol. The standard InChI is InChI=1S/C15H15ClN4O4/c16-6-1-2-8-7(3-6)10-13(17)18-5-19-14(10)20(8)15-12(23)11(22)9(4-21)24-15/h1-3,5,9,11-12,15,21-23H,4H2,(H2,17,18,19)/t9-,11-,12+,15-/m1/s1. The molecule has 2 aromatic heterocycles. The maximum Gasteiger partial charge on any atom is 0.165 e. The summed E-state index contributed by atoms with van der Waals surface area (Å²) >= 11 is 6.09. The number of rotatable bonds is 2. The molecule has 1 aliphatic rings. The Labute approximate surface area is 141 Å². The summed E-state index contributed by atoms with van der Waals surface area (Å²) in [5, 5.41) is 31.5. The van der Waals surface area contributed by atoms with Gasteiger partial charge in [-0.05, 0) is 18.2 Å². The average molecular weight is 351 g/mol. The summed E-state index contributed by atoms with van der Waals surface area (Å²) in [5.74, 6) is 0.276. The molecule has 24 heavy (non-hydrogen) atoms. The highest BCUT2D eigenvalue weighted by molar-refractivity contribution is 6.32. The topological polar surface area (TPSA) is 127 Å². The number of fused-ring (bicyclic) bond motifs is 3. The minimum atomic E-state index is -1.23. The molecule has 0 aliphatic carbocycles. The van der Waals surface area contributed by atoms with E-state index in [-0.39, 0.29) is 5.82 Å². The summed E-state index contributed by atoms with van der Waals surface area (Å²) in [5.41, 5.74) is 7.13. The maximum absolute atomic E-state index is 10.4. The van der Waals surface area contributed by atoms with Gasteiger partial charge in [0.25, 0.3) is 0 Å². The van der Waals surface area contributed by atoms with Crippen molar-refractivity contribution >= 4 is 39.4 Å². The van der Waals surface area contributed by atoms with Crippen molar-refractivity contribution in [2.75, 3.05) is 12.3 Å². The van der Waals surface area contributed by atoms with Crippen molar-refractivity contribution in [1.29, 1.82) is 0 Å². The first-order valence-corrected chi connectivity index (χ1v) is 7.72. The van der Waals surface area contributed by atoms with Crippen LogP contribution < -0.4 is 5.73 Å². The van der Waals surface area contributed by atoms with Gasteiger partial charge in [0.1, 0.15) is 36.1 Å². The van der Waals surface area contributed by atoms with Gasteiger partial charge in [0.05, 0.1) is 17.5 Å². The molecule has 3 aromatic rings. The zero-order valence-electron chi connectivity index (χ0n) is 12.4. The van der Waals surface area contributed by atoms with Crippen molar-refractivity contribution < 1.29 is 20.1 Å². The Morgan fingerprint density at radius 3 is 2.75 bits per heavy atom.